The fourth-order valence-electron chi connectivity index (χ4n) is 4.87. The lowest BCUT2D eigenvalue weighted by molar-refractivity contribution is -0.196. The highest BCUT2D eigenvalue weighted by atomic mass is 16.6. The number of carbonyl (C=O) groups is 2. The van der Waals surface area contributed by atoms with Crippen LogP contribution in [0.4, 0.5) is 0 Å². The second-order valence-corrected chi connectivity index (χ2v) is 9.14. The first-order valence-electron chi connectivity index (χ1n) is 8.43. The lowest BCUT2D eigenvalue weighted by Crippen LogP contribution is -2.61. The van der Waals surface area contributed by atoms with Gasteiger partial charge in [-0.3, -0.25) is 9.59 Å². The van der Waals surface area contributed by atoms with Crippen LogP contribution in [0, 0.1) is 16.2 Å². The second kappa shape index (κ2) is 4.56. The molecule has 0 spiro atoms. The van der Waals surface area contributed by atoms with Gasteiger partial charge in [-0.1, -0.05) is 20.8 Å². The zero-order valence-electron chi connectivity index (χ0n) is 14.5. The average Bonchev–Trinajstić information content (AvgIpc) is 2.53. The third-order valence-electron chi connectivity index (χ3n) is 6.06. The van der Waals surface area contributed by atoms with Gasteiger partial charge in [0.25, 0.3) is 0 Å². The van der Waals surface area contributed by atoms with Crippen LogP contribution in [0.3, 0.4) is 0 Å². The second-order valence-electron chi connectivity index (χ2n) is 9.14. The van der Waals surface area contributed by atoms with Crippen LogP contribution in [-0.2, 0) is 19.1 Å². The zero-order valence-corrected chi connectivity index (χ0v) is 14.5. The molecule has 4 bridgehead atoms. The molecule has 4 fully saturated rings. The normalized spacial score (nSPS) is 44.0. The minimum Gasteiger partial charge on any atom is -0.450 e. The predicted molar refractivity (Wildman–Crippen MR) is 82.3 cm³/mol. The summed E-state index contributed by atoms with van der Waals surface area (Å²) in [7, 11) is 0. The molecule has 124 valence electrons. The van der Waals surface area contributed by atoms with Crippen molar-refractivity contribution in [3.63, 3.8) is 0 Å². The van der Waals surface area contributed by atoms with Crippen LogP contribution in [-0.4, -0.2) is 30.1 Å². The number of ether oxygens (including phenoxy) is 2. The topological polar surface area (TPSA) is 52.6 Å². The van der Waals surface area contributed by atoms with Gasteiger partial charge in [-0.05, 0) is 43.9 Å². The summed E-state index contributed by atoms with van der Waals surface area (Å²) < 4.78 is 11.8. The largest absolute Gasteiger partial charge is 0.450 e. The van der Waals surface area contributed by atoms with Crippen molar-refractivity contribution >= 4 is 11.8 Å². The van der Waals surface area contributed by atoms with E-state index in [0.717, 1.165) is 12.8 Å². The summed E-state index contributed by atoms with van der Waals surface area (Å²) in [4.78, 5) is 25.6. The number of esters is 1. The summed E-state index contributed by atoms with van der Waals surface area (Å²) in [5.74, 6) is -0.258. The first-order chi connectivity index (χ1) is 10.0. The van der Waals surface area contributed by atoms with Crippen molar-refractivity contribution in [1.82, 2.24) is 0 Å². The van der Waals surface area contributed by atoms with Crippen molar-refractivity contribution in [3.05, 3.63) is 0 Å². The van der Waals surface area contributed by atoms with E-state index in [1.54, 1.807) is 0 Å². The van der Waals surface area contributed by atoms with Crippen molar-refractivity contribution in [1.29, 1.82) is 0 Å². The number of ketones is 1. The van der Waals surface area contributed by atoms with Gasteiger partial charge < -0.3 is 9.47 Å². The van der Waals surface area contributed by atoms with E-state index in [2.05, 4.69) is 13.8 Å². The summed E-state index contributed by atoms with van der Waals surface area (Å²) in [6.45, 7) is 10.7. The number of hydrogen-bond donors (Lipinski definition) is 0. The number of carbonyl (C=O) groups excluding carboxylic acids is 2. The Morgan fingerprint density at radius 1 is 1.27 bits per heavy atom. The molecule has 2 aliphatic heterocycles. The molecule has 0 amide bonds. The van der Waals surface area contributed by atoms with Crippen molar-refractivity contribution in [2.24, 2.45) is 16.2 Å². The molecule has 2 saturated carbocycles. The fourth-order valence-corrected chi connectivity index (χ4v) is 4.87. The standard InChI is InChI=1S/C18H28O4/c1-6-15(2,3)14(20)22-18-9-16(4)7-12(13(18)19)21-11-17(5,8-16)10-18/h12H,6-11H2,1-5H3. The molecular weight excluding hydrogens is 280 g/mol. The third kappa shape index (κ3) is 2.31. The molecule has 2 saturated heterocycles. The van der Waals surface area contributed by atoms with E-state index in [-0.39, 0.29) is 22.6 Å². The zero-order chi connectivity index (χ0) is 16.4. The molecule has 4 unspecified atom stereocenters. The molecule has 0 N–H and O–H groups in total. The van der Waals surface area contributed by atoms with Crippen LogP contribution < -0.4 is 0 Å². The first kappa shape index (κ1) is 16.0. The summed E-state index contributed by atoms with van der Waals surface area (Å²) >= 11 is 0. The van der Waals surface area contributed by atoms with Gasteiger partial charge in [0, 0.05) is 12.8 Å². The Morgan fingerprint density at radius 3 is 2.55 bits per heavy atom. The molecule has 4 atom stereocenters. The van der Waals surface area contributed by atoms with Gasteiger partial charge in [-0.2, -0.15) is 0 Å². The lowest BCUT2D eigenvalue weighted by atomic mass is 9.53. The first-order valence-corrected chi connectivity index (χ1v) is 8.43. The van der Waals surface area contributed by atoms with E-state index in [4.69, 9.17) is 9.47 Å². The van der Waals surface area contributed by atoms with Gasteiger partial charge in [0.15, 0.2) is 5.60 Å². The Balaban J connectivity index is 1.97. The molecule has 2 heterocycles. The van der Waals surface area contributed by atoms with E-state index in [9.17, 15) is 9.59 Å². The Bertz CT molecular complexity index is 523. The third-order valence-corrected chi connectivity index (χ3v) is 6.06. The van der Waals surface area contributed by atoms with E-state index in [1.807, 2.05) is 20.8 Å². The van der Waals surface area contributed by atoms with Crippen LogP contribution in [0.15, 0.2) is 0 Å². The predicted octanol–water partition coefficient (Wildman–Crippen LogP) is 3.27. The van der Waals surface area contributed by atoms with Gasteiger partial charge in [-0.25, -0.2) is 0 Å². The highest BCUT2D eigenvalue weighted by molar-refractivity contribution is 5.95. The summed E-state index contributed by atoms with van der Waals surface area (Å²) in [5.41, 5.74) is -1.57. The quantitative estimate of drug-likeness (QED) is 0.751. The minimum atomic E-state index is -0.968. The Kier molecular flexibility index (Phi) is 3.31. The smallest absolute Gasteiger partial charge is 0.312 e. The van der Waals surface area contributed by atoms with Gasteiger partial charge in [0.1, 0.15) is 6.10 Å². The Hall–Kier alpha value is -0.900. The van der Waals surface area contributed by atoms with E-state index >= 15 is 0 Å². The number of Topliss-reactive ketones (excluding diaryl/α,β-unsaturated/α-hetero) is 1. The molecule has 0 aromatic carbocycles. The molecular formula is C18H28O4. The van der Waals surface area contributed by atoms with Crippen molar-refractivity contribution in [2.45, 2.75) is 78.4 Å². The lowest BCUT2D eigenvalue weighted by Gasteiger charge is -2.54. The summed E-state index contributed by atoms with van der Waals surface area (Å²) in [6.07, 6.45) is 3.36. The molecule has 4 aliphatic rings. The van der Waals surface area contributed by atoms with Crippen molar-refractivity contribution < 1.29 is 19.1 Å². The van der Waals surface area contributed by atoms with Crippen molar-refractivity contribution in [2.75, 3.05) is 6.61 Å². The van der Waals surface area contributed by atoms with Crippen molar-refractivity contribution in [3.8, 4) is 0 Å². The maximum Gasteiger partial charge on any atom is 0.312 e. The molecule has 0 radical (unpaired) electrons. The van der Waals surface area contributed by atoms with Gasteiger partial charge in [0.2, 0.25) is 5.78 Å². The maximum atomic E-state index is 12.9. The molecule has 4 nitrogen and oxygen atoms in total. The van der Waals surface area contributed by atoms with E-state index < -0.39 is 17.1 Å². The fraction of sp³-hybridized carbons (Fsp3) is 0.889. The maximum absolute atomic E-state index is 12.9. The Morgan fingerprint density at radius 2 is 1.91 bits per heavy atom. The molecule has 2 aliphatic carbocycles. The number of fused-ring (bicyclic) bond motifs is 1. The summed E-state index contributed by atoms with van der Waals surface area (Å²) in [5, 5.41) is 0. The van der Waals surface area contributed by atoms with Gasteiger partial charge >= 0.3 is 5.97 Å². The van der Waals surface area contributed by atoms with Crippen LogP contribution in [0.5, 0.6) is 0 Å². The molecule has 4 rings (SSSR count). The van der Waals surface area contributed by atoms with E-state index in [0.29, 0.717) is 25.9 Å². The Labute approximate surface area is 132 Å². The molecule has 0 aromatic heterocycles. The highest BCUT2D eigenvalue weighted by Gasteiger charge is 2.65. The van der Waals surface area contributed by atoms with Crippen LogP contribution in [0.1, 0.15) is 66.7 Å². The molecule has 4 heteroatoms. The average molecular weight is 308 g/mol. The minimum absolute atomic E-state index is 0.00588. The molecule has 22 heavy (non-hydrogen) atoms. The van der Waals surface area contributed by atoms with E-state index in [1.165, 1.54) is 0 Å². The van der Waals surface area contributed by atoms with Gasteiger partial charge in [0.05, 0.1) is 12.0 Å². The number of rotatable bonds is 3. The van der Waals surface area contributed by atoms with Crippen LogP contribution >= 0.6 is 0 Å². The van der Waals surface area contributed by atoms with Crippen LogP contribution in [0.2, 0.25) is 0 Å². The molecule has 0 aromatic rings. The van der Waals surface area contributed by atoms with Gasteiger partial charge in [-0.15, -0.1) is 0 Å². The number of hydrogen-bond acceptors (Lipinski definition) is 4. The monoisotopic (exact) mass is 308 g/mol. The van der Waals surface area contributed by atoms with Crippen LogP contribution in [0.25, 0.3) is 0 Å². The highest BCUT2D eigenvalue weighted by Crippen LogP contribution is 2.60. The summed E-state index contributed by atoms with van der Waals surface area (Å²) in [6, 6.07) is 0. The SMILES string of the molecule is CCC(C)(C)C(=O)OC12CC3(C)COC(CC(C)(C3)C1)C2=O.